The Kier molecular flexibility index (Phi) is 6.97. The molecule has 186 valence electrons. The van der Waals surface area contributed by atoms with Gasteiger partial charge in [-0.15, -0.1) is 0 Å². The van der Waals surface area contributed by atoms with E-state index < -0.39 is 17.3 Å². The van der Waals surface area contributed by atoms with Crippen molar-refractivity contribution >= 4 is 17.1 Å². The molecule has 1 heterocycles. The van der Waals surface area contributed by atoms with E-state index in [-0.39, 0.29) is 11.5 Å². The van der Waals surface area contributed by atoms with E-state index in [1.165, 1.54) is 18.3 Å². The number of ether oxygens (including phenoxy) is 1. The molecule has 1 aromatic heterocycles. The number of para-hydroxylation sites is 1. The zero-order valence-electron chi connectivity index (χ0n) is 20.4. The monoisotopic (exact) mass is 493 g/mol. The van der Waals surface area contributed by atoms with Crippen LogP contribution in [-0.4, -0.2) is 22.5 Å². The molecule has 0 amide bonds. The first-order chi connectivity index (χ1) is 17.1. The molecule has 3 aromatic carbocycles. The Hall–Kier alpha value is -3.94. The van der Waals surface area contributed by atoms with Crippen molar-refractivity contribution in [3.63, 3.8) is 0 Å². The Morgan fingerprint density at radius 3 is 2.53 bits per heavy atom. The topological polar surface area (TPSA) is 56.5 Å². The summed E-state index contributed by atoms with van der Waals surface area (Å²) in [7, 11) is 0. The van der Waals surface area contributed by atoms with Gasteiger partial charge in [-0.3, -0.25) is 4.79 Å². The van der Waals surface area contributed by atoms with Crippen molar-refractivity contribution in [2.24, 2.45) is 5.10 Å². The smallest absolute Gasteiger partial charge is 0.416 e. The van der Waals surface area contributed by atoms with Crippen molar-refractivity contribution in [2.75, 3.05) is 6.61 Å². The van der Waals surface area contributed by atoms with Crippen LogP contribution in [0.25, 0.3) is 22.3 Å². The van der Waals surface area contributed by atoms with Crippen LogP contribution in [0.2, 0.25) is 0 Å². The van der Waals surface area contributed by atoms with Gasteiger partial charge in [0.15, 0.2) is 5.82 Å². The van der Waals surface area contributed by atoms with E-state index in [9.17, 15) is 18.0 Å². The number of aryl methyl sites for hydroxylation is 1. The minimum Gasteiger partial charge on any atom is -0.494 e. The fourth-order valence-corrected chi connectivity index (χ4v) is 4.00. The molecule has 0 saturated heterocycles. The van der Waals surface area contributed by atoms with Gasteiger partial charge in [0.05, 0.1) is 29.3 Å². The summed E-state index contributed by atoms with van der Waals surface area (Å²) in [6.45, 7) is 8.41. The summed E-state index contributed by atoms with van der Waals surface area (Å²) in [5.74, 6) is 1.19. The van der Waals surface area contributed by atoms with Gasteiger partial charge in [-0.25, -0.2) is 4.98 Å². The van der Waals surface area contributed by atoms with Gasteiger partial charge in [-0.05, 0) is 72.9 Å². The lowest BCUT2D eigenvalue weighted by Crippen LogP contribution is -2.21. The van der Waals surface area contributed by atoms with Gasteiger partial charge < -0.3 is 4.74 Å². The molecule has 36 heavy (non-hydrogen) atoms. The van der Waals surface area contributed by atoms with Gasteiger partial charge in [-0.1, -0.05) is 38.1 Å². The molecule has 4 rings (SSSR count). The van der Waals surface area contributed by atoms with E-state index in [4.69, 9.17) is 9.72 Å². The molecule has 0 aliphatic rings. The fourth-order valence-electron chi connectivity index (χ4n) is 4.00. The van der Waals surface area contributed by atoms with Gasteiger partial charge >= 0.3 is 6.18 Å². The molecule has 5 nitrogen and oxygen atoms in total. The number of nitrogens with zero attached hydrogens (tertiary/aromatic N) is 3. The van der Waals surface area contributed by atoms with Crippen molar-refractivity contribution < 1.29 is 17.9 Å². The van der Waals surface area contributed by atoms with Gasteiger partial charge in [0, 0.05) is 5.56 Å². The summed E-state index contributed by atoms with van der Waals surface area (Å²) in [4.78, 5) is 18.2. The number of halogens is 3. The van der Waals surface area contributed by atoms with Crippen molar-refractivity contribution in [1.29, 1.82) is 0 Å². The average molecular weight is 494 g/mol. The highest BCUT2D eigenvalue weighted by Gasteiger charge is 2.30. The van der Waals surface area contributed by atoms with Crippen molar-refractivity contribution in [3.05, 3.63) is 93.3 Å². The first-order valence-corrected chi connectivity index (χ1v) is 11.6. The Morgan fingerprint density at radius 2 is 1.83 bits per heavy atom. The number of fused-ring (bicyclic) bond motifs is 1. The number of aromatic nitrogens is 2. The van der Waals surface area contributed by atoms with Crippen LogP contribution in [0, 0.1) is 6.92 Å². The normalized spacial score (nSPS) is 12.1. The molecule has 0 aliphatic heterocycles. The van der Waals surface area contributed by atoms with Crippen LogP contribution >= 0.6 is 0 Å². The maximum atomic E-state index is 13.5. The average Bonchev–Trinajstić information content (AvgIpc) is 2.83. The molecule has 0 bridgehead atoms. The largest absolute Gasteiger partial charge is 0.494 e. The van der Waals surface area contributed by atoms with Crippen LogP contribution in [0.15, 0.2) is 70.6 Å². The second kappa shape index (κ2) is 9.97. The standard InChI is InChI=1S/C28H26F3N3O2/c1-5-36-25-13-18(4)23(15-22(25)17(2)3)26-33-24-12-7-6-11-21(24)27(35)34(26)32-16-19-9-8-10-20(14-19)28(29,30)31/h6-17H,5H2,1-4H3. The molecule has 0 radical (unpaired) electrons. The van der Waals surface area contributed by atoms with Crippen LogP contribution in [0.1, 0.15) is 48.9 Å². The minimum atomic E-state index is -4.48. The van der Waals surface area contributed by atoms with Crippen LogP contribution in [0.5, 0.6) is 5.75 Å². The lowest BCUT2D eigenvalue weighted by atomic mass is 9.96. The fraction of sp³-hybridized carbons (Fsp3) is 0.250. The molecule has 0 saturated carbocycles. The number of alkyl halides is 3. The minimum absolute atomic E-state index is 0.139. The third kappa shape index (κ3) is 5.03. The van der Waals surface area contributed by atoms with E-state index in [1.807, 2.05) is 39.8 Å². The van der Waals surface area contributed by atoms with Crippen LogP contribution in [0.3, 0.4) is 0 Å². The summed E-state index contributed by atoms with van der Waals surface area (Å²) in [6, 6.07) is 15.5. The van der Waals surface area contributed by atoms with E-state index in [0.717, 1.165) is 33.7 Å². The Bertz CT molecular complexity index is 1500. The molecule has 0 spiro atoms. The Labute approximate surface area is 206 Å². The van der Waals surface area contributed by atoms with Gasteiger partial charge in [0.2, 0.25) is 0 Å². The lowest BCUT2D eigenvalue weighted by molar-refractivity contribution is -0.137. The molecule has 0 fully saturated rings. The molecular weight excluding hydrogens is 467 g/mol. The summed E-state index contributed by atoms with van der Waals surface area (Å²) in [5.41, 5.74) is 1.97. The second-order valence-corrected chi connectivity index (χ2v) is 8.73. The van der Waals surface area contributed by atoms with E-state index in [0.29, 0.717) is 28.9 Å². The SMILES string of the molecule is CCOc1cc(C)c(-c2nc3ccccc3c(=O)n2N=Cc2cccc(C(F)(F)F)c2)cc1C(C)C. The second-order valence-electron chi connectivity index (χ2n) is 8.73. The van der Waals surface area contributed by atoms with Crippen molar-refractivity contribution in [3.8, 4) is 17.1 Å². The number of rotatable bonds is 6. The number of hydrogen-bond donors (Lipinski definition) is 0. The first kappa shape index (κ1) is 25.2. The Morgan fingerprint density at radius 1 is 1.08 bits per heavy atom. The predicted molar refractivity (Wildman–Crippen MR) is 136 cm³/mol. The van der Waals surface area contributed by atoms with Gasteiger partial charge in [-0.2, -0.15) is 22.9 Å². The quantitative estimate of drug-likeness (QED) is 0.278. The maximum Gasteiger partial charge on any atom is 0.416 e. The zero-order valence-corrected chi connectivity index (χ0v) is 20.4. The highest BCUT2D eigenvalue weighted by molar-refractivity contribution is 5.82. The summed E-state index contributed by atoms with van der Waals surface area (Å²) in [5, 5.41) is 4.67. The molecule has 0 atom stereocenters. The molecule has 0 aliphatic carbocycles. The highest BCUT2D eigenvalue weighted by atomic mass is 19.4. The Balaban J connectivity index is 1.95. The van der Waals surface area contributed by atoms with Crippen molar-refractivity contribution in [2.45, 2.75) is 39.8 Å². The van der Waals surface area contributed by atoms with E-state index in [1.54, 1.807) is 24.3 Å². The summed E-state index contributed by atoms with van der Waals surface area (Å²) < 4.78 is 46.5. The van der Waals surface area contributed by atoms with Crippen LogP contribution in [-0.2, 0) is 6.18 Å². The number of benzene rings is 3. The third-order valence-electron chi connectivity index (χ3n) is 5.81. The first-order valence-electron chi connectivity index (χ1n) is 11.6. The van der Waals surface area contributed by atoms with Crippen molar-refractivity contribution in [1.82, 2.24) is 9.66 Å². The summed E-state index contributed by atoms with van der Waals surface area (Å²) in [6.07, 6.45) is -3.24. The van der Waals surface area contributed by atoms with Gasteiger partial charge in [0.1, 0.15) is 5.75 Å². The van der Waals surface area contributed by atoms with E-state index in [2.05, 4.69) is 5.10 Å². The maximum absolute atomic E-state index is 13.5. The predicted octanol–water partition coefficient (Wildman–Crippen LogP) is 6.80. The van der Waals surface area contributed by atoms with Crippen LogP contribution < -0.4 is 10.3 Å². The molecule has 0 N–H and O–H groups in total. The third-order valence-corrected chi connectivity index (χ3v) is 5.81. The molecule has 8 heteroatoms. The number of hydrogen-bond acceptors (Lipinski definition) is 4. The van der Waals surface area contributed by atoms with E-state index >= 15 is 0 Å². The molecular formula is C28H26F3N3O2. The summed E-state index contributed by atoms with van der Waals surface area (Å²) >= 11 is 0. The zero-order chi connectivity index (χ0) is 26.0. The van der Waals surface area contributed by atoms with Gasteiger partial charge in [0.25, 0.3) is 5.56 Å². The van der Waals surface area contributed by atoms with Crippen LogP contribution in [0.4, 0.5) is 13.2 Å². The highest BCUT2D eigenvalue weighted by Crippen LogP contribution is 2.34. The lowest BCUT2D eigenvalue weighted by Gasteiger charge is -2.18. The molecule has 0 unspecified atom stereocenters. The molecule has 4 aromatic rings.